The number of H-pyrrole nitrogens is 1. The van der Waals surface area contributed by atoms with Crippen LogP contribution in [-0.4, -0.2) is 46.1 Å². The van der Waals surface area contributed by atoms with Crippen LogP contribution in [0.25, 0.3) is 22.2 Å². The lowest BCUT2D eigenvalue weighted by Gasteiger charge is -2.23. The van der Waals surface area contributed by atoms with E-state index in [2.05, 4.69) is 20.3 Å². The molecule has 4 rings (SSSR count). The van der Waals surface area contributed by atoms with Gasteiger partial charge < -0.3 is 25.5 Å². The third-order valence-corrected chi connectivity index (χ3v) is 4.58. The molecule has 9 nitrogen and oxygen atoms in total. The van der Waals surface area contributed by atoms with Gasteiger partial charge in [0.1, 0.15) is 6.10 Å². The van der Waals surface area contributed by atoms with Gasteiger partial charge >= 0.3 is 0 Å². The number of ether oxygens (including phenoxy) is 2. The van der Waals surface area contributed by atoms with Gasteiger partial charge in [0.25, 0.3) is 6.02 Å². The van der Waals surface area contributed by atoms with Crippen molar-refractivity contribution in [1.82, 2.24) is 20.3 Å². The first-order valence-corrected chi connectivity index (χ1v) is 9.02. The molecule has 0 bridgehead atoms. The number of nitrogens with two attached hydrogens (primary N) is 1. The Kier molecular flexibility index (Phi) is 4.90. The monoisotopic (exact) mass is 379 g/mol. The van der Waals surface area contributed by atoms with Crippen molar-refractivity contribution in [2.45, 2.75) is 18.9 Å². The van der Waals surface area contributed by atoms with Gasteiger partial charge in [0, 0.05) is 34.8 Å². The molecule has 1 saturated heterocycles. The molecule has 1 unspecified atom stereocenters. The van der Waals surface area contributed by atoms with Crippen molar-refractivity contribution in [3.63, 3.8) is 0 Å². The summed E-state index contributed by atoms with van der Waals surface area (Å²) >= 11 is 0. The fraction of sp³-hybridized carbons (Fsp3) is 0.263. The van der Waals surface area contributed by atoms with Gasteiger partial charge in [-0.15, -0.1) is 0 Å². The highest BCUT2D eigenvalue weighted by atomic mass is 16.5. The lowest BCUT2D eigenvalue weighted by Crippen LogP contribution is -2.37. The Labute approximate surface area is 161 Å². The van der Waals surface area contributed by atoms with E-state index in [1.807, 2.05) is 12.3 Å². The Bertz CT molecular complexity index is 1020. The molecule has 9 heteroatoms. The number of aromatic amines is 1. The normalized spacial score (nSPS) is 16.6. The van der Waals surface area contributed by atoms with Crippen LogP contribution in [-0.2, 0) is 4.74 Å². The van der Waals surface area contributed by atoms with Crippen LogP contribution >= 0.6 is 0 Å². The Balaban J connectivity index is 1.64. The molecule has 144 valence electrons. The third kappa shape index (κ3) is 3.79. The van der Waals surface area contributed by atoms with Crippen molar-refractivity contribution in [3.8, 4) is 17.1 Å². The first-order chi connectivity index (χ1) is 13.6. The van der Waals surface area contributed by atoms with E-state index in [0.29, 0.717) is 17.1 Å². The number of piperidine rings is 1. The summed E-state index contributed by atoms with van der Waals surface area (Å²) in [6.07, 6.45) is 7.31. The van der Waals surface area contributed by atoms with Crippen molar-refractivity contribution < 1.29 is 9.47 Å². The molecule has 3 aromatic rings. The minimum Gasteiger partial charge on any atom is -0.472 e. The van der Waals surface area contributed by atoms with Gasteiger partial charge in [0.05, 0.1) is 18.1 Å². The van der Waals surface area contributed by atoms with Gasteiger partial charge in [-0.25, -0.2) is 4.98 Å². The molecule has 0 amide bonds. The average Bonchev–Trinajstić information content (AvgIpc) is 3.12. The highest BCUT2D eigenvalue weighted by Gasteiger charge is 2.17. The molecule has 3 heterocycles. The van der Waals surface area contributed by atoms with Gasteiger partial charge in [0.15, 0.2) is 0 Å². The minimum atomic E-state index is -0.521. The molecule has 2 aromatic heterocycles. The lowest BCUT2D eigenvalue weighted by atomic mass is 10.1. The number of nitrogens with zero attached hydrogens (tertiary/aromatic N) is 2. The fourth-order valence-corrected chi connectivity index (χ4v) is 3.27. The Hall–Kier alpha value is -3.46. The summed E-state index contributed by atoms with van der Waals surface area (Å²) in [5.74, 6) is 0.305. The van der Waals surface area contributed by atoms with Crippen LogP contribution in [0.3, 0.4) is 0 Å². The molecule has 1 fully saturated rings. The molecular formula is C19H21N7O2. The number of hydrogen-bond acceptors (Lipinski definition) is 7. The summed E-state index contributed by atoms with van der Waals surface area (Å²) in [6, 6.07) is 4.85. The summed E-state index contributed by atoms with van der Waals surface area (Å²) in [7, 11) is 0. The van der Waals surface area contributed by atoms with E-state index >= 15 is 0 Å². The standard InChI is InChI=1S/C19H21N7O2/c20-18(28-19(21)22)11-3-4-15-13(6-11)14(8-25-15)16-9-24-10-17(26-16)27-12-2-1-5-23-7-12/h3-4,6,8-10,12,20,23,25H,1-2,5,7H2,(H3,21,22). The fourth-order valence-electron chi connectivity index (χ4n) is 3.27. The van der Waals surface area contributed by atoms with E-state index < -0.39 is 6.02 Å². The zero-order valence-electron chi connectivity index (χ0n) is 15.2. The number of amidine groups is 1. The quantitative estimate of drug-likeness (QED) is 0.346. The molecular weight excluding hydrogens is 358 g/mol. The SMILES string of the molecule is N=C(N)OC(=N)c1ccc2[nH]cc(-c3cncc(OC4CCCNC4)n3)c2c1. The first kappa shape index (κ1) is 17.9. The Morgan fingerprint density at radius 2 is 2.14 bits per heavy atom. The van der Waals surface area contributed by atoms with Crippen molar-refractivity contribution in [2.24, 2.45) is 5.73 Å². The third-order valence-electron chi connectivity index (χ3n) is 4.58. The van der Waals surface area contributed by atoms with E-state index in [4.69, 9.17) is 26.0 Å². The number of fused-ring (bicyclic) bond motifs is 1. The van der Waals surface area contributed by atoms with E-state index in [-0.39, 0.29) is 12.0 Å². The topological polar surface area (TPSA) is 146 Å². The highest BCUT2D eigenvalue weighted by molar-refractivity contribution is 6.03. The number of benzene rings is 1. The molecule has 0 spiro atoms. The molecule has 28 heavy (non-hydrogen) atoms. The molecule has 1 atom stereocenters. The summed E-state index contributed by atoms with van der Waals surface area (Å²) < 4.78 is 10.9. The van der Waals surface area contributed by atoms with Crippen LogP contribution in [0, 0.1) is 10.8 Å². The van der Waals surface area contributed by atoms with Gasteiger partial charge in [-0.05, 0) is 37.6 Å². The average molecular weight is 379 g/mol. The zero-order chi connectivity index (χ0) is 19.5. The molecule has 0 saturated carbocycles. The maximum Gasteiger partial charge on any atom is 0.285 e. The predicted molar refractivity (Wildman–Crippen MR) is 106 cm³/mol. The van der Waals surface area contributed by atoms with E-state index in [1.165, 1.54) is 0 Å². The Morgan fingerprint density at radius 1 is 1.25 bits per heavy atom. The molecule has 6 N–H and O–H groups in total. The van der Waals surface area contributed by atoms with Crippen LogP contribution in [0.2, 0.25) is 0 Å². The number of aromatic nitrogens is 3. The van der Waals surface area contributed by atoms with Crippen LogP contribution in [0.15, 0.2) is 36.8 Å². The van der Waals surface area contributed by atoms with E-state index in [9.17, 15) is 0 Å². The largest absolute Gasteiger partial charge is 0.472 e. The maximum atomic E-state index is 7.93. The zero-order valence-corrected chi connectivity index (χ0v) is 15.2. The smallest absolute Gasteiger partial charge is 0.285 e. The maximum absolute atomic E-state index is 7.93. The second kappa shape index (κ2) is 7.65. The second-order valence-electron chi connectivity index (χ2n) is 6.59. The van der Waals surface area contributed by atoms with Crippen LogP contribution in [0.5, 0.6) is 5.88 Å². The minimum absolute atomic E-state index is 0.0945. The van der Waals surface area contributed by atoms with Crippen LogP contribution < -0.4 is 15.8 Å². The number of rotatable bonds is 4. The van der Waals surface area contributed by atoms with Crippen LogP contribution in [0.4, 0.5) is 0 Å². The highest BCUT2D eigenvalue weighted by Crippen LogP contribution is 2.29. The van der Waals surface area contributed by atoms with Crippen LogP contribution in [0.1, 0.15) is 18.4 Å². The lowest BCUT2D eigenvalue weighted by molar-refractivity contribution is 0.160. The van der Waals surface area contributed by atoms with E-state index in [1.54, 1.807) is 24.5 Å². The van der Waals surface area contributed by atoms with Gasteiger partial charge in [-0.3, -0.25) is 15.8 Å². The molecule has 1 aliphatic rings. The number of nitrogens with one attached hydrogen (secondary N) is 4. The number of hydrogen-bond donors (Lipinski definition) is 5. The first-order valence-electron chi connectivity index (χ1n) is 9.02. The molecule has 1 aromatic carbocycles. The van der Waals surface area contributed by atoms with Gasteiger partial charge in [-0.2, -0.15) is 0 Å². The van der Waals surface area contributed by atoms with Gasteiger partial charge in [0.2, 0.25) is 11.8 Å². The summed E-state index contributed by atoms with van der Waals surface area (Å²) in [4.78, 5) is 12.1. The van der Waals surface area contributed by atoms with E-state index in [0.717, 1.165) is 42.4 Å². The van der Waals surface area contributed by atoms with Crippen molar-refractivity contribution in [2.75, 3.05) is 13.1 Å². The molecule has 0 radical (unpaired) electrons. The Morgan fingerprint density at radius 3 is 2.93 bits per heavy atom. The van der Waals surface area contributed by atoms with Gasteiger partial charge in [-0.1, -0.05) is 0 Å². The predicted octanol–water partition coefficient (Wildman–Crippen LogP) is 1.99. The summed E-state index contributed by atoms with van der Waals surface area (Å²) in [6.45, 7) is 1.83. The van der Waals surface area contributed by atoms with Crippen molar-refractivity contribution in [1.29, 1.82) is 10.8 Å². The summed E-state index contributed by atoms with van der Waals surface area (Å²) in [5.41, 5.74) is 8.12. The van der Waals surface area contributed by atoms with Crippen molar-refractivity contribution in [3.05, 3.63) is 42.4 Å². The van der Waals surface area contributed by atoms with Crippen molar-refractivity contribution >= 4 is 22.8 Å². The molecule has 1 aliphatic heterocycles. The summed E-state index contributed by atoms with van der Waals surface area (Å²) in [5, 5.41) is 19.3. The molecule has 0 aliphatic carbocycles. The second-order valence-corrected chi connectivity index (χ2v) is 6.59.